The fourth-order valence-corrected chi connectivity index (χ4v) is 2.94. The number of benzene rings is 1. The molecule has 1 aromatic carbocycles. The lowest BCUT2D eigenvalue weighted by Gasteiger charge is -2.14. The van der Waals surface area contributed by atoms with Crippen molar-refractivity contribution in [3.8, 4) is 0 Å². The van der Waals surface area contributed by atoms with Crippen molar-refractivity contribution in [1.82, 2.24) is 9.97 Å². The predicted octanol–water partition coefficient (Wildman–Crippen LogP) is 2.65. The van der Waals surface area contributed by atoms with Gasteiger partial charge in [0.2, 0.25) is 5.95 Å². The number of nitrogens with two attached hydrogens (primary N) is 1. The van der Waals surface area contributed by atoms with Gasteiger partial charge in [-0.25, -0.2) is 14.4 Å². The molecule has 1 atom stereocenters. The van der Waals surface area contributed by atoms with Crippen LogP contribution in [-0.4, -0.2) is 33.7 Å². The molecule has 0 unspecified atom stereocenters. The van der Waals surface area contributed by atoms with Crippen LogP contribution in [0.3, 0.4) is 0 Å². The Balaban J connectivity index is 2.21. The maximum atomic E-state index is 14.0. The normalized spacial score (nSPS) is 12.7. The number of hydrogen-bond acceptors (Lipinski definition) is 5. The lowest BCUT2D eigenvalue weighted by atomic mass is 9.98. The van der Waals surface area contributed by atoms with Crippen LogP contribution in [-0.2, 0) is 6.42 Å². The Hall–Kier alpha value is -1.40. The quantitative estimate of drug-likeness (QED) is 0.822. The zero-order valence-corrected chi connectivity index (χ0v) is 12.9. The van der Waals surface area contributed by atoms with Gasteiger partial charge in [0, 0.05) is 6.61 Å². The number of nitrogen functional groups attached to an aromatic ring is 1. The summed E-state index contributed by atoms with van der Waals surface area (Å²) in [5, 5.41) is 9.85. The minimum Gasteiger partial charge on any atom is -0.396 e. The van der Waals surface area contributed by atoms with Crippen LogP contribution >= 0.6 is 11.8 Å². The molecule has 0 saturated heterocycles. The van der Waals surface area contributed by atoms with Crippen molar-refractivity contribution in [2.75, 3.05) is 24.3 Å². The molecule has 0 aliphatic carbocycles. The minimum absolute atomic E-state index is 0.140. The number of hydrogen-bond donors (Lipinski definition) is 2. The second kappa shape index (κ2) is 7.56. The average molecular weight is 309 g/mol. The number of aliphatic hydroxyl groups excluding tert-OH is 1. The average Bonchev–Trinajstić information content (AvgIpc) is 2.47. The van der Waals surface area contributed by atoms with Crippen molar-refractivity contribution in [3.63, 3.8) is 0 Å². The van der Waals surface area contributed by atoms with Gasteiger partial charge in [-0.05, 0) is 49.3 Å². The van der Waals surface area contributed by atoms with Gasteiger partial charge in [0.15, 0.2) is 0 Å². The predicted molar refractivity (Wildman–Crippen MR) is 85.8 cm³/mol. The zero-order chi connectivity index (χ0) is 15.2. The van der Waals surface area contributed by atoms with E-state index in [1.54, 1.807) is 23.9 Å². The van der Waals surface area contributed by atoms with Crippen LogP contribution in [0.4, 0.5) is 10.3 Å². The third-order valence-electron chi connectivity index (χ3n) is 3.54. The fraction of sp³-hybridized carbons (Fsp3) is 0.467. The molecule has 0 radical (unpaired) electrons. The highest BCUT2D eigenvalue weighted by Crippen LogP contribution is 2.23. The summed E-state index contributed by atoms with van der Waals surface area (Å²) >= 11 is 1.76. The van der Waals surface area contributed by atoms with Gasteiger partial charge in [0.05, 0.1) is 16.6 Å². The molecule has 0 saturated carbocycles. The van der Waals surface area contributed by atoms with Crippen LogP contribution in [0.15, 0.2) is 18.2 Å². The third kappa shape index (κ3) is 4.04. The monoisotopic (exact) mass is 309 g/mol. The Morgan fingerprint density at radius 3 is 2.86 bits per heavy atom. The van der Waals surface area contributed by atoms with Gasteiger partial charge in [-0.15, -0.1) is 0 Å². The summed E-state index contributed by atoms with van der Waals surface area (Å²) in [6, 6.07) is 4.75. The van der Waals surface area contributed by atoms with Crippen LogP contribution in [0.5, 0.6) is 0 Å². The summed E-state index contributed by atoms with van der Waals surface area (Å²) in [5.41, 5.74) is 6.85. The Morgan fingerprint density at radius 2 is 2.14 bits per heavy atom. The Morgan fingerprint density at radius 1 is 1.33 bits per heavy atom. The first-order valence-corrected chi connectivity index (χ1v) is 8.35. The first-order valence-electron chi connectivity index (χ1n) is 6.96. The fourth-order valence-electron chi connectivity index (χ4n) is 2.37. The van der Waals surface area contributed by atoms with E-state index in [1.165, 1.54) is 6.07 Å². The molecular formula is C15H20FN3OS. The van der Waals surface area contributed by atoms with Gasteiger partial charge >= 0.3 is 0 Å². The van der Waals surface area contributed by atoms with Crippen LogP contribution < -0.4 is 5.73 Å². The number of aliphatic hydroxyl groups is 1. The number of rotatable bonds is 7. The smallest absolute Gasteiger partial charge is 0.220 e. The molecule has 0 spiro atoms. The zero-order valence-electron chi connectivity index (χ0n) is 12.1. The number of nitrogens with zero attached hydrogens (tertiary/aromatic N) is 2. The molecule has 1 aromatic heterocycles. The van der Waals surface area contributed by atoms with Gasteiger partial charge < -0.3 is 10.8 Å². The van der Waals surface area contributed by atoms with Gasteiger partial charge in [0.25, 0.3) is 0 Å². The first-order chi connectivity index (χ1) is 10.2. The topological polar surface area (TPSA) is 72.0 Å². The Labute approximate surface area is 128 Å². The Bertz CT molecular complexity index is 609. The maximum Gasteiger partial charge on any atom is 0.220 e. The molecule has 114 valence electrons. The first kappa shape index (κ1) is 16.0. The molecule has 0 aliphatic rings. The van der Waals surface area contributed by atoms with E-state index in [0.29, 0.717) is 23.0 Å². The van der Waals surface area contributed by atoms with Crippen LogP contribution in [0.2, 0.25) is 0 Å². The van der Waals surface area contributed by atoms with Gasteiger partial charge in [-0.1, -0.05) is 6.07 Å². The molecular weight excluding hydrogens is 289 g/mol. The minimum atomic E-state index is -0.327. The van der Waals surface area contributed by atoms with Gasteiger partial charge in [0.1, 0.15) is 5.82 Å². The number of thioether (sulfide) groups is 1. The van der Waals surface area contributed by atoms with Crippen molar-refractivity contribution < 1.29 is 9.50 Å². The van der Waals surface area contributed by atoms with E-state index in [-0.39, 0.29) is 24.3 Å². The Kier molecular flexibility index (Phi) is 5.76. The second-order valence-corrected chi connectivity index (χ2v) is 6.02. The molecule has 1 heterocycles. The molecule has 6 heteroatoms. The highest BCUT2D eigenvalue weighted by atomic mass is 32.2. The maximum absolute atomic E-state index is 14.0. The van der Waals surface area contributed by atoms with E-state index in [2.05, 4.69) is 9.97 Å². The van der Waals surface area contributed by atoms with E-state index in [1.807, 2.05) is 6.26 Å². The lowest BCUT2D eigenvalue weighted by Crippen LogP contribution is -2.10. The van der Waals surface area contributed by atoms with E-state index >= 15 is 0 Å². The van der Waals surface area contributed by atoms with Crippen LogP contribution in [0, 0.1) is 11.7 Å². The van der Waals surface area contributed by atoms with Crippen molar-refractivity contribution in [2.24, 2.45) is 5.92 Å². The summed E-state index contributed by atoms with van der Waals surface area (Å²) < 4.78 is 14.0. The molecule has 3 N–H and O–H groups in total. The highest BCUT2D eigenvalue weighted by molar-refractivity contribution is 7.98. The van der Waals surface area contributed by atoms with Gasteiger partial charge in [-0.3, -0.25) is 0 Å². The molecule has 2 aromatic rings. The molecule has 0 amide bonds. The van der Waals surface area contributed by atoms with Crippen molar-refractivity contribution in [2.45, 2.75) is 19.3 Å². The van der Waals surface area contributed by atoms with Crippen molar-refractivity contribution >= 4 is 28.6 Å². The molecule has 0 bridgehead atoms. The standard InChI is InChI=1S/C15H20FN3OS/c1-21-8-7-10(9-20)5-6-13-14-11(16)3-2-4-12(14)18-15(17)19-13/h2-4,10,20H,5-9H2,1H3,(H2,17,18,19)/t10-/m1/s1. The van der Waals surface area contributed by atoms with Crippen LogP contribution in [0.25, 0.3) is 10.9 Å². The summed E-state index contributed by atoms with van der Waals surface area (Å²) in [5.74, 6) is 1.04. The lowest BCUT2D eigenvalue weighted by molar-refractivity contribution is 0.216. The van der Waals surface area contributed by atoms with Gasteiger partial charge in [-0.2, -0.15) is 11.8 Å². The number of fused-ring (bicyclic) bond motifs is 1. The molecule has 4 nitrogen and oxygen atoms in total. The number of aromatic nitrogens is 2. The van der Waals surface area contributed by atoms with Crippen molar-refractivity contribution in [1.29, 1.82) is 0 Å². The summed E-state index contributed by atoms with van der Waals surface area (Å²) in [6.07, 6.45) is 4.34. The van der Waals surface area contributed by atoms with E-state index in [9.17, 15) is 9.50 Å². The largest absolute Gasteiger partial charge is 0.396 e. The van der Waals surface area contributed by atoms with Crippen molar-refractivity contribution in [3.05, 3.63) is 29.7 Å². The summed E-state index contributed by atoms with van der Waals surface area (Å²) in [4.78, 5) is 8.26. The number of halogens is 1. The number of anilines is 1. The molecule has 2 rings (SSSR count). The molecule has 21 heavy (non-hydrogen) atoms. The van der Waals surface area contributed by atoms with E-state index in [0.717, 1.165) is 18.6 Å². The third-order valence-corrected chi connectivity index (χ3v) is 4.19. The summed E-state index contributed by atoms with van der Waals surface area (Å²) in [7, 11) is 0. The number of aryl methyl sites for hydroxylation is 1. The van der Waals surface area contributed by atoms with E-state index in [4.69, 9.17) is 5.73 Å². The second-order valence-electron chi connectivity index (χ2n) is 5.03. The molecule has 0 aliphatic heterocycles. The van der Waals surface area contributed by atoms with Crippen LogP contribution in [0.1, 0.15) is 18.5 Å². The van der Waals surface area contributed by atoms with E-state index < -0.39 is 0 Å². The summed E-state index contributed by atoms with van der Waals surface area (Å²) in [6.45, 7) is 0.140. The SMILES string of the molecule is CSCC[C@H](CO)CCc1nc(N)nc2cccc(F)c12. The molecule has 0 fully saturated rings. The highest BCUT2D eigenvalue weighted by Gasteiger charge is 2.13.